The van der Waals surface area contributed by atoms with E-state index in [1.165, 1.54) is 0 Å². The second-order valence-electron chi connectivity index (χ2n) is 2.78. The Morgan fingerprint density at radius 1 is 1.33 bits per heavy atom. The third-order valence-corrected chi connectivity index (χ3v) is 2.21. The first-order valence-corrected chi connectivity index (χ1v) is 5.40. The van der Waals surface area contributed by atoms with Crippen molar-refractivity contribution in [2.75, 3.05) is 11.9 Å². The van der Waals surface area contributed by atoms with Crippen LogP contribution in [0.2, 0.25) is 10.0 Å². The molecule has 0 atom stereocenters. The summed E-state index contributed by atoms with van der Waals surface area (Å²) in [5.41, 5.74) is 0.758. The zero-order valence-corrected chi connectivity index (χ0v) is 10.2. The molecule has 0 aliphatic heterocycles. The summed E-state index contributed by atoms with van der Waals surface area (Å²) in [4.78, 5) is 0. The van der Waals surface area contributed by atoms with Gasteiger partial charge in [-0.2, -0.15) is 0 Å². The first-order valence-electron chi connectivity index (χ1n) is 4.23. The summed E-state index contributed by atoms with van der Waals surface area (Å²) in [5, 5.41) is 7.54. The Labute approximate surface area is 104 Å². The van der Waals surface area contributed by atoms with Crippen molar-refractivity contribution in [3.8, 4) is 0 Å². The Morgan fingerprint density at radius 3 is 2.47 bits per heavy atom. The fraction of sp³-hybridized carbons (Fsp3) is 0.100. The Bertz CT molecular complexity index is 359. The van der Waals surface area contributed by atoms with Crippen molar-refractivity contribution in [1.29, 1.82) is 0 Å². The van der Waals surface area contributed by atoms with E-state index in [-0.39, 0.29) is 0 Å². The maximum absolute atomic E-state index is 5.83. The normalized spacial score (nSPS) is 9.47. The summed E-state index contributed by atoms with van der Waals surface area (Å²) >= 11 is 16.7. The second kappa shape index (κ2) is 5.95. The minimum Gasteiger partial charge on any atom is -0.359 e. The van der Waals surface area contributed by atoms with Crippen LogP contribution in [0.25, 0.3) is 0 Å². The molecule has 1 rings (SSSR count). The van der Waals surface area contributed by atoms with Crippen LogP contribution in [-0.4, -0.2) is 11.7 Å². The highest BCUT2D eigenvalue weighted by molar-refractivity contribution is 7.80. The lowest BCUT2D eigenvalue weighted by atomic mass is 10.3. The monoisotopic (exact) mass is 260 g/mol. The topological polar surface area (TPSA) is 24.1 Å². The molecular formula is C10H10Cl2N2S. The molecule has 1 aromatic rings. The Balaban J connectivity index is 2.63. The van der Waals surface area contributed by atoms with Gasteiger partial charge in [0.25, 0.3) is 0 Å². The molecule has 0 unspecified atom stereocenters. The molecule has 0 aromatic heterocycles. The van der Waals surface area contributed by atoms with E-state index < -0.39 is 0 Å². The minimum atomic E-state index is 0.508. The van der Waals surface area contributed by atoms with Crippen molar-refractivity contribution in [2.45, 2.75) is 0 Å². The molecule has 0 heterocycles. The smallest absolute Gasteiger partial charge is 0.171 e. The van der Waals surface area contributed by atoms with Crippen molar-refractivity contribution in [3.05, 3.63) is 40.9 Å². The average molecular weight is 261 g/mol. The first-order chi connectivity index (χ1) is 7.11. The van der Waals surface area contributed by atoms with Crippen LogP contribution < -0.4 is 10.6 Å². The average Bonchev–Trinajstić information content (AvgIpc) is 2.13. The summed E-state index contributed by atoms with van der Waals surface area (Å²) in [6.07, 6.45) is 1.72. The van der Waals surface area contributed by atoms with Crippen LogP contribution in [0.3, 0.4) is 0 Å². The van der Waals surface area contributed by atoms with Crippen molar-refractivity contribution in [1.82, 2.24) is 5.32 Å². The molecule has 2 nitrogen and oxygen atoms in total. The molecule has 0 bridgehead atoms. The molecule has 0 aliphatic carbocycles. The summed E-state index contributed by atoms with van der Waals surface area (Å²) in [7, 11) is 0. The van der Waals surface area contributed by atoms with Crippen LogP contribution in [0, 0.1) is 0 Å². The highest BCUT2D eigenvalue weighted by Gasteiger charge is 1.99. The lowest BCUT2D eigenvalue weighted by molar-refractivity contribution is 1.06. The SMILES string of the molecule is C=CCNC(=S)Nc1cc(Cl)cc(Cl)c1. The number of anilines is 1. The summed E-state index contributed by atoms with van der Waals surface area (Å²) in [6, 6.07) is 5.15. The van der Waals surface area contributed by atoms with Gasteiger partial charge in [0.15, 0.2) is 5.11 Å². The summed E-state index contributed by atoms with van der Waals surface area (Å²) in [6.45, 7) is 4.19. The Hall–Kier alpha value is -0.770. The van der Waals surface area contributed by atoms with E-state index in [1.54, 1.807) is 24.3 Å². The van der Waals surface area contributed by atoms with Crippen LogP contribution in [0.1, 0.15) is 0 Å². The molecule has 1 aromatic carbocycles. The number of hydrogen-bond acceptors (Lipinski definition) is 1. The van der Waals surface area contributed by atoms with E-state index in [0.29, 0.717) is 21.7 Å². The maximum Gasteiger partial charge on any atom is 0.171 e. The van der Waals surface area contributed by atoms with Crippen molar-refractivity contribution < 1.29 is 0 Å². The fourth-order valence-electron chi connectivity index (χ4n) is 0.966. The van der Waals surface area contributed by atoms with Gasteiger partial charge >= 0.3 is 0 Å². The molecule has 15 heavy (non-hydrogen) atoms. The van der Waals surface area contributed by atoms with Gasteiger partial charge in [0, 0.05) is 22.3 Å². The van der Waals surface area contributed by atoms with Crippen LogP contribution in [0.4, 0.5) is 5.69 Å². The van der Waals surface area contributed by atoms with Crippen LogP contribution in [0.15, 0.2) is 30.9 Å². The lowest BCUT2D eigenvalue weighted by Crippen LogP contribution is -2.28. The third kappa shape index (κ3) is 4.51. The van der Waals surface area contributed by atoms with Crippen molar-refractivity contribution >= 4 is 46.2 Å². The van der Waals surface area contributed by atoms with Gasteiger partial charge < -0.3 is 10.6 Å². The standard InChI is InChI=1S/C10H10Cl2N2S/c1-2-3-13-10(15)14-9-5-7(11)4-8(12)6-9/h2,4-6H,1,3H2,(H2,13,14,15). The van der Waals surface area contributed by atoms with Crippen molar-refractivity contribution in [3.63, 3.8) is 0 Å². The highest BCUT2D eigenvalue weighted by atomic mass is 35.5. The van der Waals surface area contributed by atoms with Gasteiger partial charge in [-0.15, -0.1) is 6.58 Å². The molecule has 0 saturated carbocycles. The second-order valence-corrected chi connectivity index (χ2v) is 4.06. The Kier molecular flexibility index (Phi) is 4.88. The highest BCUT2D eigenvalue weighted by Crippen LogP contribution is 2.22. The molecule has 0 saturated heterocycles. The van der Waals surface area contributed by atoms with E-state index in [9.17, 15) is 0 Å². The van der Waals surface area contributed by atoms with Crippen LogP contribution >= 0.6 is 35.4 Å². The summed E-state index contributed by atoms with van der Waals surface area (Å²) in [5.74, 6) is 0. The Morgan fingerprint density at radius 2 is 1.93 bits per heavy atom. The predicted molar refractivity (Wildman–Crippen MR) is 70.9 cm³/mol. The van der Waals surface area contributed by atoms with E-state index >= 15 is 0 Å². The minimum absolute atomic E-state index is 0.508. The van der Waals surface area contributed by atoms with Gasteiger partial charge in [0.2, 0.25) is 0 Å². The van der Waals surface area contributed by atoms with Gasteiger partial charge in [-0.1, -0.05) is 29.3 Å². The van der Waals surface area contributed by atoms with Gasteiger partial charge in [-0.05, 0) is 30.4 Å². The zero-order chi connectivity index (χ0) is 11.3. The van der Waals surface area contributed by atoms with E-state index in [2.05, 4.69) is 17.2 Å². The predicted octanol–water partition coefficient (Wildman–Crippen LogP) is 3.47. The molecule has 5 heteroatoms. The quantitative estimate of drug-likeness (QED) is 0.643. The number of hydrogen-bond donors (Lipinski definition) is 2. The van der Waals surface area contributed by atoms with Crippen LogP contribution in [-0.2, 0) is 0 Å². The van der Waals surface area contributed by atoms with Crippen LogP contribution in [0.5, 0.6) is 0 Å². The van der Waals surface area contributed by atoms with Gasteiger partial charge in [0.05, 0.1) is 0 Å². The first kappa shape index (κ1) is 12.3. The number of halogens is 2. The molecule has 0 amide bonds. The van der Waals surface area contributed by atoms with E-state index in [1.807, 2.05) is 0 Å². The van der Waals surface area contributed by atoms with Gasteiger partial charge in [0.1, 0.15) is 0 Å². The maximum atomic E-state index is 5.83. The number of rotatable bonds is 3. The van der Waals surface area contributed by atoms with Gasteiger partial charge in [-0.3, -0.25) is 0 Å². The largest absolute Gasteiger partial charge is 0.359 e. The number of nitrogens with one attached hydrogen (secondary N) is 2. The molecule has 0 spiro atoms. The molecular weight excluding hydrogens is 251 g/mol. The molecule has 0 radical (unpaired) electrons. The molecule has 80 valence electrons. The molecule has 2 N–H and O–H groups in total. The van der Waals surface area contributed by atoms with Gasteiger partial charge in [-0.25, -0.2) is 0 Å². The number of thiocarbonyl (C=S) groups is 1. The molecule has 0 aliphatic rings. The fourth-order valence-corrected chi connectivity index (χ4v) is 1.69. The van der Waals surface area contributed by atoms with E-state index in [0.717, 1.165) is 5.69 Å². The summed E-state index contributed by atoms with van der Waals surface area (Å²) < 4.78 is 0. The number of benzene rings is 1. The lowest BCUT2D eigenvalue weighted by Gasteiger charge is -2.09. The third-order valence-electron chi connectivity index (χ3n) is 1.53. The van der Waals surface area contributed by atoms with Crippen molar-refractivity contribution in [2.24, 2.45) is 0 Å². The zero-order valence-electron chi connectivity index (χ0n) is 7.89. The van der Waals surface area contributed by atoms with E-state index in [4.69, 9.17) is 35.4 Å². The molecule has 0 fully saturated rings.